The third kappa shape index (κ3) is 3.22. The molecule has 0 heterocycles. The monoisotopic (exact) mass is 354 g/mol. The quantitative estimate of drug-likeness (QED) is 0.586. The van der Waals surface area contributed by atoms with E-state index in [2.05, 4.69) is 0 Å². The van der Waals surface area contributed by atoms with E-state index in [1.165, 1.54) is 0 Å². The molecule has 0 saturated carbocycles. The number of benzene rings is 2. The zero-order valence-corrected chi connectivity index (χ0v) is 11.8. The summed E-state index contributed by atoms with van der Waals surface area (Å²) in [6.07, 6.45) is -4.77. The standard InChI is InChI=1S/C16H10F8/c17-9-10-1-3-11(4-2-10)14(18,19)15(20,21)12-5-7-13(8-6-12)16(22,23)24/h1-8H,9H2. The Labute approximate surface area is 131 Å². The predicted molar refractivity (Wildman–Crippen MR) is 70.5 cm³/mol. The van der Waals surface area contributed by atoms with E-state index in [1.807, 2.05) is 0 Å². The highest BCUT2D eigenvalue weighted by Crippen LogP contribution is 2.49. The van der Waals surface area contributed by atoms with Gasteiger partial charge in [0.15, 0.2) is 0 Å². The molecule has 2 aromatic carbocycles. The minimum Gasteiger partial charge on any atom is -0.246 e. The summed E-state index contributed by atoms with van der Waals surface area (Å²) in [7, 11) is 0. The van der Waals surface area contributed by atoms with Crippen molar-refractivity contribution in [2.75, 3.05) is 0 Å². The van der Waals surface area contributed by atoms with Crippen molar-refractivity contribution >= 4 is 0 Å². The SMILES string of the molecule is FCc1ccc(C(F)(F)C(F)(F)c2ccc(C(F)(F)F)cc2)cc1. The van der Waals surface area contributed by atoms with Crippen molar-refractivity contribution in [1.29, 1.82) is 0 Å². The number of alkyl halides is 8. The van der Waals surface area contributed by atoms with Crippen molar-refractivity contribution in [3.8, 4) is 0 Å². The minimum atomic E-state index is -4.77. The Hall–Kier alpha value is -2.12. The fourth-order valence-electron chi connectivity index (χ4n) is 2.03. The summed E-state index contributed by atoms with van der Waals surface area (Å²) in [5, 5.41) is 0. The van der Waals surface area contributed by atoms with Gasteiger partial charge in [-0.25, -0.2) is 4.39 Å². The van der Waals surface area contributed by atoms with Gasteiger partial charge in [-0.15, -0.1) is 0 Å². The van der Waals surface area contributed by atoms with Crippen LogP contribution in [0.4, 0.5) is 35.1 Å². The Morgan fingerprint density at radius 3 is 1.21 bits per heavy atom. The third-order valence-corrected chi connectivity index (χ3v) is 3.44. The Morgan fingerprint density at radius 1 is 0.542 bits per heavy atom. The molecule has 0 aromatic heterocycles. The fourth-order valence-corrected chi connectivity index (χ4v) is 2.03. The molecule has 0 N–H and O–H groups in total. The van der Waals surface area contributed by atoms with Gasteiger partial charge in [-0.2, -0.15) is 30.7 Å². The Morgan fingerprint density at radius 2 is 0.875 bits per heavy atom. The van der Waals surface area contributed by atoms with Crippen LogP contribution >= 0.6 is 0 Å². The largest absolute Gasteiger partial charge is 0.416 e. The fraction of sp³-hybridized carbons (Fsp3) is 0.250. The molecule has 0 aliphatic rings. The van der Waals surface area contributed by atoms with Gasteiger partial charge >= 0.3 is 18.0 Å². The lowest BCUT2D eigenvalue weighted by Gasteiger charge is -2.27. The van der Waals surface area contributed by atoms with Gasteiger partial charge in [0.05, 0.1) is 5.56 Å². The summed E-state index contributed by atoms with van der Waals surface area (Å²) in [6, 6.07) is 4.44. The second-order valence-corrected chi connectivity index (χ2v) is 5.05. The molecule has 0 saturated heterocycles. The molecule has 8 heteroatoms. The van der Waals surface area contributed by atoms with Crippen LogP contribution in [-0.4, -0.2) is 0 Å². The summed E-state index contributed by atoms with van der Waals surface area (Å²) in [4.78, 5) is 0. The second kappa shape index (κ2) is 6.07. The number of rotatable bonds is 4. The van der Waals surface area contributed by atoms with Crippen LogP contribution < -0.4 is 0 Å². The van der Waals surface area contributed by atoms with E-state index < -0.39 is 41.4 Å². The number of halogens is 8. The van der Waals surface area contributed by atoms with Gasteiger partial charge < -0.3 is 0 Å². The lowest BCUT2D eigenvalue weighted by molar-refractivity contribution is -0.223. The molecule has 2 rings (SSSR count). The van der Waals surface area contributed by atoms with Crippen LogP contribution in [0, 0.1) is 0 Å². The average molecular weight is 354 g/mol. The molecule has 0 fully saturated rings. The van der Waals surface area contributed by atoms with E-state index in [9.17, 15) is 35.1 Å². The molecule has 0 unspecified atom stereocenters. The van der Waals surface area contributed by atoms with Crippen molar-refractivity contribution in [3.63, 3.8) is 0 Å². The molecular weight excluding hydrogens is 344 g/mol. The molecule has 0 atom stereocenters. The smallest absolute Gasteiger partial charge is 0.246 e. The van der Waals surface area contributed by atoms with Crippen LogP contribution in [0.2, 0.25) is 0 Å². The van der Waals surface area contributed by atoms with Gasteiger partial charge in [0.1, 0.15) is 6.67 Å². The maximum atomic E-state index is 14.1. The van der Waals surface area contributed by atoms with Crippen molar-refractivity contribution < 1.29 is 35.1 Å². The van der Waals surface area contributed by atoms with Crippen molar-refractivity contribution in [2.45, 2.75) is 24.7 Å². The van der Waals surface area contributed by atoms with Gasteiger partial charge in [0.25, 0.3) is 0 Å². The van der Waals surface area contributed by atoms with E-state index in [4.69, 9.17) is 0 Å². The molecule has 0 spiro atoms. The van der Waals surface area contributed by atoms with E-state index in [-0.39, 0.29) is 5.56 Å². The highest BCUT2D eigenvalue weighted by molar-refractivity contribution is 5.33. The normalized spacial score (nSPS) is 13.2. The Bertz CT molecular complexity index is 684. The number of hydrogen-bond acceptors (Lipinski definition) is 0. The molecule has 0 radical (unpaired) electrons. The second-order valence-electron chi connectivity index (χ2n) is 5.05. The van der Waals surface area contributed by atoms with E-state index in [0.29, 0.717) is 36.4 Å². The van der Waals surface area contributed by atoms with Gasteiger partial charge in [-0.05, 0) is 17.7 Å². The third-order valence-electron chi connectivity index (χ3n) is 3.44. The molecule has 0 aliphatic carbocycles. The van der Waals surface area contributed by atoms with Crippen molar-refractivity contribution in [3.05, 3.63) is 70.8 Å². The van der Waals surface area contributed by atoms with Crippen LogP contribution in [0.25, 0.3) is 0 Å². The van der Waals surface area contributed by atoms with E-state index >= 15 is 0 Å². The lowest BCUT2D eigenvalue weighted by atomic mass is 9.95. The van der Waals surface area contributed by atoms with E-state index in [0.717, 1.165) is 12.1 Å². The van der Waals surface area contributed by atoms with Crippen molar-refractivity contribution in [2.24, 2.45) is 0 Å². The molecule has 0 bridgehead atoms. The molecular formula is C16H10F8. The van der Waals surface area contributed by atoms with Crippen LogP contribution in [0.3, 0.4) is 0 Å². The summed E-state index contributed by atoms with van der Waals surface area (Å²) >= 11 is 0. The van der Waals surface area contributed by atoms with Crippen LogP contribution in [0.5, 0.6) is 0 Å². The summed E-state index contributed by atoms with van der Waals surface area (Å²) in [5.41, 5.74) is -3.51. The first-order chi connectivity index (χ1) is 11.0. The topological polar surface area (TPSA) is 0 Å². The highest BCUT2D eigenvalue weighted by Gasteiger charge is 2.58. The first-order valence-corrected chi connectivity index (χ1v) is 6.59. The molecule has 0 aliphatic heterocycles. The Kier molecular flexibility index (Phi) is 4.61. The van der Waals surface area contributed by atoms with Gasteiger partial charge in [-0.3, -0.25) is 0 Å². The molecule has 0 amide bonds. The first kappa shape index (κ1) is 18.2. The zero-order chi connectivity index (χ0) is 18.2. The summed E-state index contributed by atoms with van der Waals surface area (Å²) < 4.78 is 106. The van der Waals surface area contributed by atoms with Gasteiger partial charge in [-0.1, -0.05) is 36.4 Å². The van der Waals surface area contributed by atoms with Crippen molar-refractivity contribution in [1.82, 2.24) is 0 Å². The molecule has 2 aromatic rings. The molecule has 0 nitrogen and oxygen atoms in total. The van der Waals surface area contributed by atoms with Gasteiger partial charge in [0.2, 0.25) is 0 Å². The van der Waals surface area contributed by atoms with Gasteiger partial charge in [0, 0.05) is 11.1 Å². The summed E-state index contributed by atoms with van der Waals surface area (Å²) in [6.45, 7) is -0.943. The predicted octanol–water partition coefficient (Wildman–Crippen LogP) is 6.06. The molecule has 24 heavy (non-hydrogen) atoms. The van der Waals surface area contributed by atoms with Crippen LogP contribution in [0.15, 0.2) is 48.5 Å². The minimum absolute atomic E-state index is 0.0346. The van der Waals surface area contributed by atoms with E-state index in [1.54, 1.807) is 0 Å². The first-order valence-electron chi connectivity index (χ1n) is 6.59. The maximum Gasteiger partial charge on any atom is 0.416 e. The molecule has 130 valence electrons. The lowest BCUT2D eigenvalue weighted by Crippen LogP contribution is -2.35. The van der Waals surface area contributed by atoms with Crippen LogP contribution in [0.1, 0.15) is 22.3 Å². The summed E-state index contributed by atoms with van der Waals surface area (Å²) in [5.74, 6) is -9.42. The average Bonchev–Trinajstić information content (AvgIpc) is 2.54. The maximum absolute atomic E-state index is 14.1. The zero-order valence-electron chi connectivity index (χ0n) is 11.8. The Balaban J connectivity index is 2.39. The highest BCUT2D eigenvalue weighted by atomic mass is 19.4. The van der Waals surface area contributed by atoms with Crippen LogP contribution in [-0.2, 0) is 24.7 Å². The number of hydrogen-bond donors (Lipinski definition) is 0.